The van der Waals surface area contributed by atoms with E-state index in [9.17, 15) is 10.1 Å². The Balaban J connectivity index is 2.34. The van der Waals surface area contributed by atoms with Crippen LogP contribution >= 0.6 is 22.9 Å². The molecule has 0 saturated carbocycles. The molecule has 0 bridgehead atoms. The van der Waals surface area contributed by atoms with Crippen molar-refractivity contribution < 1.29 is 4.92 Å². The summed E-state index contributed by atoms with van der Waals surface area (Å²) >= 11 is 6.88. The van der Waals surface area contributed by atoms with Gasteiger partial charge in [-0.3, -0.25) is 10.1 Å². The van der Waals surface area contributed by atoms with Crippen LogP contribution in [0.4, 0.5) is 22.5 Å². The average molecular weight is 287 g/mol. The maximum Gasteiger partial charge on any atom is 0.353 e. The minimum atomic E-state index is -0.645. The van der Waals surface area contributed by atoms with Crippen LogP contribution in [-0.4, -0.2) is 19.9 Å². The number of nitrogens with two attached hydrogens (primary N) is 1. The Morgan fingerprint density at radius 1 is 1.56 bits per heavy atom. The molecular formula is C8H7ClN6O2S. The van der Waals surface area contributed by atoms with Crippen molar-refractivity contribution in [2.75, 3.05) is 11.1 Å². The summed E-state index contributed by atoms with van der Waals surface area (Å²) in [6.45, 7) is 0. The summed E-state index contributed by atoms with van der Waals surface area (Å²) in [7, 11) is 0. The predicted octanol–water partition coefficient (Wildman–Crippen LogP) is 1.91. The van der Waals surface area contributed by atoms with Crippen LogP contribution in [0.5, 0.6) is 0 Å². The number of hydrogen-bond acceptors (Lipinski definition) is 8. The average Bonchev–Trinajstić information content (AvgIpc) is 2.76. The van der Waals surface area contributed by atoms with E-state index < -0.39 is 4.92 Å². The van der Waals surface area contributed by atoms with Gasteiger partial charge in [-0.05, 0) is 0 Å². The second kappa shape index (κ2) is 5.10. The zero-order chi connectivity index (χ0) is 13.1. The van der Waals surface area contributed by atoms with Crippen molar-refractivity contribution >= 4 is 45.4 Å². The van der Waals surface area contributed by atoms with Crippen LogP contribution in [0.25, 0.3) is 0 Å². The summed E-state index contributed by atoms with van der Waals surface area (Å²) in [5.74, 6) is 0.0706. The number of nitrogen functional groups attached to an aromatic ring is 1. The van der Waals surface area contributed by atoms with Crippen LogP contribution in [0.2, 0.25) is 0 Å². The first-order chi connectivity index (χ1) is 8.61. The Labute approximate surface area is 110 Å². The van der Waals surface area contributed by atoms with E-state index >= 15 is 0 Å². The van der Waals surface area contributed by atoms with Gasteiger partial charge in [-0.2, -0.15) is 0 Å². The molecule has 0 aliphatic rings. The minimum absolute atomic E-state index is 0.00275. The van der Waals surface area contributed by atoms with Crippen molar-refractivity contribution in [2.45, 2.75) is 5.88 Å². The van der Waals surface area contributed by atoms with E-state index in [-0.39, 0.29) is 23.2 Å². The normalized spacial score (nSPS) is 10.3. The molecule has 2 rings (SSSR count). The molecular weight excluding hydrogens is 280 g/mol. The first-order valence-electron chi connectivity index (χ1n) is 4.64. The molecule has 2 heterocycles. The van der Waals surface area contributed by atoms with Crippen LogP contribution in [0.3, 0.4) is 0 Å². The van der Waals surface area contributed by atoms with Gasteiger partial charge in [0.1, 0.15) is 6.33 Å². The smallest absolute Gasteiger partial charge is 0.353 e. The number of nitro groups is 1. The molecule has 10 heteroatoms. The van der Waals surface area contributed by atoms with Crippen molar-refractivity contribution in [1.82, 2.24) is 15.0 Å². The molecule has 0 aromatic carbocycles. The number of halogens is 1. The Morgan fingerprint density at radius 3 is 2.94 bits per heavy atom. The molecule has 94 valence electrons. The molecule has 0 unspecified atom stereocenters. The molecule has 8 nitrogen and oxygen atoms in total. The van der Waals surface area contributed by atoms with Gasteiger partial charge in [0, 0.05) is 5.38 Å². The molecule has 0 aliphatic carbocycles. The number of thiazole rings is 1. The molecule has 0 atom stereocenters. The number of aromatic nitrogens is 3. The summed E-state index contributed by atoms with van der Waals surface area (Å²) < 4.78 is 0. The van der Waals surface area contributed by atoms with Crippen LogP contribution in [-0.2, 0) is 5.88 Å². The van der Waals surface area contributed by atoms with Gasteiger partial charge in [-0.1, -0.05) is 0 Å². The topological polar surface area (TPSA) is 120 Å². The van der Waals surface area contributed by atoms with Gasteiger partial charge in [0.05, 0.1) is 16.5 Å². The van der Waals surface area contributed by atoms with Crippen LogP contribution < -0.4 is 11.1 Å². The molecule has 3 N–H and O–H groups in total. The van der Waals surface area contributed by atoms with Gasteiger partial charge < -0.3 is 11.1 Å². The second-order valence-electron chi connectivity index (χ2n) is 3.12. The van der Waals surface area contributed by atoms with Gasteiger partial charge >= 0.3 is 5.69 Å². The third kappa shape index (κ3) is 2.46. The standard InChI is InChI=1S/C8H7ClN6O2S/c9-1-4-2-18-8(13-4)14-7-5(15(16)17)6(10)11-3-12-7/h2-3H,1H2,(H3,10,11,12,13,14). The van der Waals surface area contributed by atoms with Gasteiger partial charge in [0.25, 0.3) is 0 Å². The number of alkyl halides is 1. The lowest BCUT2D eigenvalue weighted by atomic mass is 10.4. The fourth-order valence-electron chi connectivity index (χ4n) is 1.19. The van der Waals surface area contributed by atoms with Crippen molar-refractivity contribution in [3.05, 3.63) is 27.5 Å². The van der Waals surface area contributed by atoms with Gasteiger partial charge in [0.2, 0.25) is 11.6 Å². The van der Waals surface area contributed by atoms with E-state index in [4.69, 9.17) is 17.3 Å². The van der Waals surface area contributed by atoms with Crippen molar-refractivity contribution in [3.63, 3.8) is 0 Å². The third-order valence-corrected chi connectivity index (χ3v) is 3.03. The summed E-state index contributed by atoms with van der Waals surface area (Å²) in [6.07, 6.45) is 1.14. The molecule has 2 aromatic heterocycles. The number of rotatable bonds is 4. The Hall–Kier alpha value is -2.00. The molecule has 0 saturated heterocycles. The lowest BCUT2D eigenvalue weighted by molar-refractivity contribution is -0.383. The Morgan fingerprint density at radius 2 is 2.33 bits per heavy atom. The molecule has 0 amide bonds. The largest absolute Gasteiger partial charge is 0.378 e. The van der Waals surface area contributed by atoms with Gasteiger partial charge in [-0.25, -0.2) is 15.0 Å². The van der Waals surface area contributed by atoms with Crippen LogP contribution in [0, 0.1) is 10.1 Å². The highest BCUT2D eigenvalue weighted by Gasteiger charge is 2.21. The number of hydrogen-bond donors (Lipinski definition) is 2. The highest BCUT2D eigenvalue weighted by atomic mass is 35.5. The highest BCUT2D eigenvalue weighted by molar-refractivity contribution is 7.13. The summed E-state index contributed by atoms with van der Waals surface area (Å²) in [5, 5.41) is 15.8. The third-order valence-electron chi connectivity index (χ3n) is 1.95. The quantitative estimate of drug-likeness (QED) is 0.500. The van der Waals surface area contributed by atoms with E-state index in [0.717, 1.165) is 6.33 Å². The Bertz CT molecular complexity index is 589. The maximum atomic E-state index is 10.9. The Kier molecular flexibility index (Phi) is 3.53. The lowest BCUT2D eigenvalue weighted by Crippen LogP contribution is -2.04. The van der Waals surface area contributed by atoms with Crippen molar-refractivity contribution in [1.29, 1.82) is 0 Å². The fourth-order valence-corrected chi connectivity index (χ4v) is 2.13. The molecule has 0 radical (unpaired) electrons. The number of nitrogens with zero attached hydrogens (tertiary/aromatic N) is 4. The highest BCUT2D eigenvalue weighted by Crippen LogP contribution is 2.30. The molecule has 0 aliphatic heterocycles. The molecule has 2 aromatic rings. The molecule has 0 fully saturated rings. The monoisotopic (exact) mass is 286 g/mol. The summed E-state index contributed by atoms with van der Waals surface area (Å²) in [5.41, 5.74) is 5.74. The van der Waals surface area contributed by atoms with E-state index in [0.29, 0.717) is 10.8 Å². The van der Waals surface area contributed by atoms with Crippen LogP contribution in [0.1, 0.15) is 5.69 Å². The number of anilines is 3. The van der Waals surface area contributed by atoms with Crippen LogP contribution in [0.15, 0.2) is 11.7 Å². The summed E-state index contributed by atoms with van der Waals surface area (Å²) in [4.78, 5) is 21.7. The SMILES string of the molecule is Nc1ncnc(Nc2nc(CCl)cs2)c1[N+](=O)[O-]. The zero-order valence-corrected chi connectivity index (χ0v) is 10.4. The van der Waals surface area contributed by atoms with E-state index in [1.54, 1.807) is 5.38 Å². The lowest BCUT2D eigenvalue weighted by Gasteiger charge is -2.03. The van der Waals surface area contributed by atoms with Crippen molar-refractivity contribution in [2.24, 2.45) is 0 Å². The summed E-state index contributed by atoms with van der Waals surface area (Å²) in [6, 6.07) is 0. The molecule has 18 heavy (non-hydrogen) atoms. The molecule has 0 spiro atoms. The first-order valence-corrected chi connectivity index (χ1v) is 6.05. The van der Waals surface area contributed by atoms with Crippen molar-refractivity contribution in [3.8, 4) is 0 Å². The van der Waals surface area contributed by atoms with Gasteiger partial charge in [0.15, 0.2) is 5.13 Å². The fraction of sp³-hybridized carbons (Fsp3) is 0.125. The maximum absolute atomic E-state index is 10.9. The zero-order valence-electron chi connectivity index (χ0n) is 8.83. The minimum Gasteiger partial charge on any atom is -0.378 e. The van der Waals surface area contributed by atoms with E-state index in [1.807, 2.05) is 0 Å². The second-order valence-corrected chi connectivity index (χ2v) is 4.24. The number of nitrogens with one attached hydrogen (secondary N) is 1. The van der Waals surface area contributed by atoms with E-state index in [1.165, 1.54) is 11.3 Å². The predicted molar refractivity (Wildman–Crippen MR) is 68.1 cm³/mol. The van der Waals surface area contributed by atoms with E-state index in [2.05, 4.69) is 20.3 Å². The van der Waals surface area contributed by atoms with Gasteiger partial charge in [-0.15, -0.1) is 22.9 Å². The first kappa shape index (κ1) is 12.5.